The summed E-state index contributed by atoms with van der Waals surface area (Å²) in [5, 5.41) is 7.45. The fourth-order valence-corrected chi connectivity index (χ4v) is 2.24. The fourth-order valence-electron chi connectivity index (χ4n) is 2.07. The largest absolute Gasteiger partial charge is 0.363 e. The van der Waals surface area contributed by atoms with E-state index in [0.29, 0.717) is 5.41 Å². The van der Waals surface area contributed by atoms with Gasteiger partial charge >= 0.3 is 0 Å². The molecule has 4 heteroatoms. The second-order valence-corrected chi connectivity index (χ2v) is 5.99. The Morgan fingerprint density at radius 3 is 2.53 bits per heavy atom. The molecule has 3 nitrogen and oxygen atoms in total. The van der Waals surface area contributed by atoms with E-state index in [0.717, 1.165) is 18.2 Å². The van der Waals surface area contributed by atoms with E-state index in [1.807, 2.05) is 0 Å². The van der Waals surface area contributed by atoms with Crippen molar-refractivity contribution in [3.8, 4) is 0 Å². The van der Waals surface area contributed by atoms with Crippen LogP contribution in [0.1, 0.15) is 39.5 Å². The van der Waals surface area contributed by atoms with E-state index >= 15 is 0 Å². The van der Waals surface area contributed by atoms with E-state index in [2.05, 4.69) is 36.4 Å². The maximum atomic E-state index is 5.28. The number of hydrogen-bond donors (Lipinski definition) is 2. The maximum Gasteiger partial charge on any atom is 0.166 e. The zero-order valence-corrected chi connectivity index (χ0v) is 12.3. The Balaban J connectivity index is 2.18. The molecule has 1 aliphatic heterocycles. The molecule has 0 unspecified atom stereocenters. The zero-order valence-electron chi connectivity index (χ0n) is 11.5. The van der Waals surface area contributed by atoms with Crippen LogP contribution in [0.5, 0.6) is 0 Å². The molecule has 1 rings (SSSR count). The van der Waals surface area contributed by atoms with Crippen molar-refractivity contribution in [2.24, 2.45) is 5.41 Å². The number of nitrogens with one attached hydrogen (secondary N) is 2. The van der Waals surface area contributed by atoms with Gasteiger partial charge in [0.15, 0.2) is 5.11 Å². The van der Waals surface area contributed by atoms with Crippen molar-refractivity contribution in [1.29, 1.82) is 0 Å². The van der Waals surface area contributed by atoms with Gasteiger partial charge in [-0.05, 0) is 57.0 Å². The molecule has 0 bridgehead atoms. The molecule has 1 aliphatic rings. The Kier molecular flexibility index (Phi) is 6.20. The van der Waals surface area contributed by atoms with E-state index in [-0.39, 0.29) is 0 Å². The first kappa shape index (κ1) is 14.7. The molecular weight excluding hydrogens is 230 g/mol. The molecule has 2 N–H and O–H groups in total. The molecule has 0 aliphatic carbocycles. The third kappa shape index (κ3) is 5.68. The molecule has 0 spiro atoms. The summed E-state index contributed by atoms with van der Waals surface area (Å²) in [6.07, 6.45) is 4.91. The van der Waals surface area contributed by atoms with Crippen LogP contribution in [0.2, 0.25) is 0 Å². The van der Waals surface area contributed by atoms with E-state index < -0.39 is 0 Å². The third-order valence-electron chi connectivity index (χ3n) is 3.69. The topological polar surface area (TPSA) is 27.3 Å². The average Bonchev–Trinajstić information content (AvgIpc) is 2.32. The molecule has 100 valence electrons. The van der Waals surface area contributed by atoms with Gasteiger partial charge in [-0.3, -0.25) is 0 Å². The van der Waals surface area contributed by atoms with Gasteiger partial charge in [0.1, 0.15) is 0 Å². The standard InChI is InChI=1S/C13H27N3S/c1-4-5-8-14-12(17)15-11-13(2)6-9-16(3)10-7-13/h4-11H2,1-3H3,(H2,14,15,17). The first-order valence-electron chi connectivity index (χ1n) is 6.76. The quantitative estimate of drug-likeness (QED) is 0.582. The highest BCUT2D eigenvalue weighted by Gasteiger charge is 2.28. The monoisotopic (exact) mass is 257 g/mol. The fraction of sp³-hybridized carbons (Fsp3) is 0.923. The van der Waals surface area contributed by atoms with Crippen LogP contribution in [-0.4, -0.2) is 43.2 Å². The Morgan fingerprint density at radius 1 is 1.29 bits per heavy atom. The second kappa shape index (κ2) is 7.17. The lowest BCUT2D eigenvalue weighted by Crippen LogP contribution is -2.46. The molecule has 0 aromatic carbocycles. The highest BCUT2D eigenvalue weighted by molar-refractivity contribution is 7.80. The van der Waals surface area contributed by atoms with Crippen LogP contribution in [0.15, 0.2) is 0 Å². The molecule has 1 heterocycles. The molecule has 0 amide bonds. The van der Waals surface area contributed by atoms with Crippen LogP contribution in [-0.2, 0) is 0 Å². The van der Waals surface area contributed by atoms with E-state index in [1.54, 1.807) is 0 Å². The van der Waals surface area contributed by atoms with Crippen LogP contribution < -0.4 is 10.6 Å². The Labute approximate surface area is 111 Å². The molecule has 1 fully saturated rings. The Morgan fingerprint density at radius 2 is 1.94 bits per heavy atom. The van der Waals surface area contributed by atoms with Crippen molar-refractivity contribution >= 4 is 17.3 Å². The van der Waals surface area contributed by atoms with Crippen molar-refractivity contribution in [3.05, 3.63) is 0 Å². The third-order valence-corrected chi connectivity index (χ3v) is 3.97. The first-order chi connectivity index (χ1) is 8.06. The van der Waals surface area contributed by atoms with Gasteiger partial charge in [-0.1, -0.05) is 20.3 Å². The highest BCUT2D eigenvalue weighted by atomic mass is 32.1. The van der Waals surface area contributed by atoms with Gasteiger partial charge in [-0.2, -0.15) is 0 Å². The van der Waals surface area contributed by atoms with Gasteiger partial charge in [-0.15, -0.1) is 0 Å². The van der Waals surface area contributed by atoms with Gasteiger partial charge in [0.05, 0.1) is 0 Å². The summed E-state index contributed by atoms with van der Waals surface area (Å²) in [5.41, 5.74) is 0.406. The average molecular weight is 257 g/mol. The van der Waals surface area contributed by atoms with Crippen molar-refractivity contribution in [2.45, 2.75) is 39.5 Å². The smallest absolute Gasteiger partial charge is 0.166 e. The van der Waals surface area contributed by atoms with Gasteiger partial charge < -0.3 is 15.5 Å². The molecule has 0 aromatic heterocycles. The minimum Gasteiger partial charge on any atom is -0.363 e. The van der Waals surface area contributed by atoms with Crippen LogP contribution in [0.3, 0.4) is 0 Å². The lowest BCUT2D eigenvalue weighted by atomic mass is 9.80. The molecule has 0 atom stereocenters. The Bertz CT molecular complexity index is 235. The number of thiocarbonyl (C=S) groups is 1. The minimum absolute atomic E-state index is 0.406. The molecule has 1 saturated heterocycles. The summed E-state index contributed by atoms with van der Waals surface area (Å²) in [6.45, 7) is 8.95. The van der Waals surface area contributed by atoms with Gasteiger partial charge in [0, 0.05) is 13.1 Å². The highest BCUT2D eigenvalue weighted by Crippen LogP contribution is 2.29. The predicted octanol–water partition coefficient (Wildman–Crippen LogP) is 1.98. The number of nitrogens with zero attached hydrogens (tertiary/aromatic N) is 1. The van der Waals surface area contributed by atoms with E-state index in [4.69, 9.17) is 12.2 Å². The lowest BCUT2D eigenvalue weighted by molar-refractivity contribution is 0.142. The van der Waals surface area contributed by atoms with Crippen LogP contribution in [0, 0.1) is 5.41 Å². The predicted molar refractivity (Wildman–Crippen MR) is 78.3 cm³/mol. The summed E-state index contributed by atoms with van der Waals surface area (Å²) in [6, 6.07) is 0. The van der Waals surface area contributed by atoms with Crippen molar-refractivity contribution in [1.82, 2.24) is 15.5 Å². The number of likely N-dealkylation sites (tertiary alicyclic amines) is 1. The summed E-state index contributed by atoms with van der Waals surface area (Å²) >= 11 is 5.28. The van der Waals surface area contributed by atoms with E-state index in [1.165, 1.54) is 38.8 Å². The molecule has 0 radical (unpaired) electrons. The van der Waals surface area contributed by atoms with Crippen LogP contribution in [0.25, 0.3) is 0 Å². The van der Waals surface area contributed by atoms with Crippen LogP contribution in [0.4, 0.5) is 0 Å². The number of hydrogen-bond acceptors (Lipinski definition) is 2. The first-order valence-corrected chi connectivity index (χ1v) is 7.17. The SMILES string of the molecule is CCCCNC(=S)NCC1(C)CCN(C)CC1. The lowest BCUT2D eigenvalue weighted by Gasteiger charge is -2.38. The van der Waals surface area contributed by atoms with Gasteiger partial charge in [-0.25, -0.2) is 0 Å². The van der Waals surface area contributed by atoms with Crippen molar-refractivity contribution in [3.63, 3.8) is 0 Å². The number of rotatable bonds is 5. The second-order valence-electron chi connectivity index (χ2n) is 5.58. The Hall–Kier alpha value is -0.350. The molecule has 0 aromatic rings. The maximum absolute atomic E-state index is 5.28. The van der Waals surface area contributed by atoms with Gasteiger partial charge in [0.2, 0.25) is 0 Å². The number of piperidine rings is 1. The zero-order chi connectivity index (χ0) is 12.7. The summed E-state index contributed by atoms with van der Waals surface area (Å²) < 4.78 is 0. The molecule has 0 saturated carbocycles. The number of unbranched alkanes of at least 4 members (excludes halogenated alkanes) is 1. The van der Waals surface area contributed by atoms with Crippen LogP contribution >= 0.6 is 12.2 Å². The molecule has 17 heavy (non-hydrogen) atoms. The summed E-state index contributed by atoms with van der Waals surface area (Å²) in [4.78, 5) is 2.40. The van der Waals surface area contributed by atoms with Crippen molar-refractivity contribution in [2.75, 3.05) is 33.2 Å². The van der Waals surface area contributed by atoms with Crippen molar-refractivity contribution < 1.29 is 0 Å². The van der Waals surface area contributed by atoms with E-state index in [9.17, 15) is 0 Å². The normalized spacial score (nSPS) is 19.9. The summed E-state index contributed by atoms with van der Waals surface area (Å²) in [5.74, 6) is 0. The van der Waals surface area contributed by atoms with Gasteiger partial charge in [0.25, 0.3) is 0 Å². The molecular formula is C13H27N3S. The summed E-state index contributed by atoms with van der Waals surface area (Å²) in [7, 11) is 2.20. The minimum atomic E-state index is 0.406.